The number of carbonyl (C=O) groups is 2. The van der Waals surface area contributed by atoms with E-state index in [1.807, 2.05) is 26.0 Å². The van der Waals surface area contributed by atoms with Gasteiger partial charge in [-0.05, 0) is 42.3 Å². The molecule has 3 aromatic rings. The van der Waals surface area contributed by atoms with Crippen molar-refractivity contribution in [2.24, 2.45) is 0 Å². The molecule has 0 saturated carbocycles. The Balaban J connectivity index is 1.82. The van der Waals surface area contributed by atoms with Gasteiger partial charge in [-0.3, -0.25) is 9.59 Å². The summed E-state index contributed by atoms with van der Waals surface area (Å²) in [7, 11) is 1.56. The average molecular weight is 475 g/mol. The largest absolute Gasteiger partial charge is 0.383 e. The van der Waals surface area contributed by atoms with Gasteiger partial charge >= 0.3 is 0 Å². The minimum atomic E-state index is -0.324. The monoisotopic (exact) mass is 474 g/mol. The number of nitrogens with one attached hydrogen (secondary N) is 2. The van der Waals surface area contributed by atoms with Gasteiger partial charge in [0, 0.05) is 24.4 Å². The number of aromatic nitrogens is 2. The van der Waals surface area contributed by atoms with E-state index >= 15 is 0 Å². The van der Waals surface area contributed by atoms with E-state index in [0.717, 1.165) is 11.4 Å². The van der Waals surface area contributed by atoms with Gasteiger partial charge in [0.2, 0.25) is 0 Å². The lowest BCUT2D eigenvalue weighted by Crippen LogP contribution is -2.27. The summed E-state index contributed by atoms with van der Waals surface area (Å²) in [6, 6.07) is 12.0. The molecule has 0 spiro atoms. The molecule has 32 heavy (non-hydrogen) atoms. The Morgan fingerprint density at radius 2 is 1.88 bits per heavy atom. The minimum Gasteiger partial charge on any atom is -0.383 e. The van der Waals surface area contributed by atoms with Crippen LogP contribution in [0.5, 0.6) is 0 Å². The van der Waals surface area contributed by atoms with Crippen LogP contribution in [0.1, 0.15) is 46.2 Å². The summed E-state index contributed by atoms with van der Waals surface area (Å²) in [5.41, 5.74) is 2.76. The first kappa shape index (κ1) is 23.8. The minimum absolute atomic E-state index is 0.0268. The van der Waals surface area contributed by atoms with Gasteiger partial charge in [-0.2, -0.15) is 5.10 Å². The number of rotatable bonds is 8. The van der Waals surface area contributed by atoms with Crippen molar-refractivity contribution < 1.29 is 14.3 Å². The molecule has 1 heterocycles. The van der Waals surface area contributed by atoms with Crippen LogP contribution in [0.15, 0.2) is 48.7 Å². The number of carbonyl (C=O) groups excluding carboxylic acids is 2. The third-order valence-electron chi connectivity index (χ3n) is 4.71. The predicted octanol–water partition coefficient (Wildman–Crippen LogP) is 4.93. The van der Waals surface area contributed by atoms with Crippen molar-refractivity contribution >= 4 is 40.7 Å². The fraction of sp³-hybridized carbons (Fsp3) is 0.261. The second-order valence-electron chi connectivity index (χ2n) is 7.39. The van der Waals surface area contributed by atoms with Crippen LogP contribution in [0.2, 0.25) is 10.0 Å². The third-order valence-corrected chi connectivity index (χ3v) is 5.26. The molecule has 2 aromatic carbocycles. The highest BCUT2D eigenvalue weighted by molar-refractivity contribution is 6.34. The Hall–Kier alpha value is -2.87. The van der Waals surface area contributed by atoms with Crippen LogP contribution in [0.4, 0.5) is 5.69 Å². The highest BCUT2D eigenvalue weighted by Crippen LogP contribution is 2.26. The lowest BCUT2D eigenvalue weighted by Gasteiger charge is -2.13. The molecule has 0 unspecified atom stereocenters. The SMILES string of the molecule is COCCNC(=O)c1ccc(NC(=O)c2cnn(-c3cccc(Cl)c3)c2C(C)C)cc1Cl. The average Bonchev–Trinajstić information content (AvgIpc) is 3.20. The molecule has 0 radical (unpaired) electrons. The van der Waals surface area contributed by atoms with E-state index in [9.17, 15) is 9.59 Å². The highest BCUT2D eigenvalue weighted by atomic mass is 35.5. The lowest BCUT2D eigenvalue weighted by atomic mass is 10.0. The van der Waals surface area contributed by atoms with E-state index in [0.29, 0.717) is 35.0 Å². The number of hydrogen-bond donors (Lipinski definition) is 2. The standard InChI is InChI=1S/C23H24Cl2N4O3/c1-14(2)21-19(13-27-29(21)17-6-4-5-15(24)11-17)23(31)28-16-7-8-18(20(25)12-16)22(30)26-9-10-32-3/h4-8,11-14H,9-10H2,1-3H3,(H,26,30)(H,28,31). The number of nitrogens with zero attached hydrogens (tertiary/aromatic N) is 2. The molecule has 1 aromatic heterocycles. The number of amides is 2. The quantitative estimate of drug-likeness (QED) is 0.453. The molecule has 0 bridgehead atoms. The zero-order chi connectivity index (χ0) is 23.3. The lowest BCUT2D eigenvalue weighted by molar-refractivity contribution is 0.0936. The normalized spacial score (nSPS) is 10.9. The molecule has 0 aliphatic rings. The Labute approximate surface area is 196 Å². The fourth-order valence-electron chi connectivity index (χ4n) is 3.24. The zero-order valence-electron chi connectivity index (χ0n) is 18.0. The van der Waals surface area contributed by atoms with Crippen LogP contribution < -0.4 is 10.6 Å². The number of hydrogen-bond acceptors (Lipinski definition) is 4. The summed E-state index contributed by atoms with van der Waals surface area (Å²) in [6.45, 7) is 4.75. The van der Waals surface area contributed by atoms with Crippen LogP contribution in [0, 0.1) is 0 Å². The summed E-state index contributed by atoms with van der Waals surface area (Å²) in [6.07, 6.45) is 1.53. The van der Waals surface area contributed by atoms with Crippen molar-refractivity contribution in [3.8, 4) is 5.69 Å². The fourth-order valence-corrected chi connectivity index (χ4v) is 3.69. The maximum Gasteiger partial charge on any atom is 0.259 e. The molecule has 0 fully saturated rings. The molecule has 168 valence electrons. The Kier molecular flexibility index (Phi) is 7.90. The second-order valence-corrected chi connectivity index (χ2v) is 8.23. The van der Waals surface area contributed by atoms with Gasteiger partial charge in [-0.1, -0.05) is 43.1 Å². The van der Waals surface area contributed by atoms with Crippen molar-refractivity contribution in [1.29, 1.82) is 0 Å². The second kappa shape index (κ2) is 10.6. The van der Waals surface area contributed by atoms with E-state index in [4.69, 9.17) is 27.9 Å². The van der Waals surface area contributed by atoms with Crippen LogP contribution >= 0.6 is 23.2 Å². The number of anilines is 1. The number of methoxy groups -OCH3 is 1. The zero-order valence-corrected chi connectivity index (χ0v) is 19.5. The van der Waals surface area contributed by atoms with Crippen LogP contribution in [-0.4, -0.2) is 41.9 Å². The molecule has 2 amide bonds. The predicted molar refractivity (Wildman–Crippen MR) is 126 cm³/mol. The molecule has 2 N–H and O–H groups in total. The summed E-state index contributed by atoms with van der Waals surface area (Å²) >= 11 is 12.4. The molecule has 0 atom stereocenters. The van der Waals surface area contributed by atoms with Crippen LogP contribution in [-0.2, 0) is 4.74 Å². The van der Waals surface area contributed by atoms with Crippen molar-refractivity contribution in [3.63, 3.8) is 0 Å². The van der Waals surface area contributed by atoms with Crippen molar-refractivity contribution in [1.82, 2.24) is 15.1 Å². The molecular formula is C23H24Cl2N4O3. The van der Waals surface area contributed by atoms with Crippen LogP contribution in [0.3, 0.4) is 0 Å². The Morgan fingerprint density at radius 1 is 1.09 bits per heavy atom. The molecule has 3 rings (SSSR count). The molecule has 9 heteroatoms. The third kappa shape index (κ3) is 5.48. The molecular weight excluding hydrogens is 451 g/mol. The van der Waals surface area contributed by atoms with Crippen LogP contribution in [0.25, 0.3) is 5.69 Å². The van der Waals surface area contributed by atoms with Crippen molar-refractivity contribution in [2.45, 2.75) is 19.8 Å². The Morgan fingerprint density at radius 3 is 2.53 bits per heavy atom. The first-order chi connectivity index (χ1) is 15.3. The summed E-state index contributed by atoms with van der Waals surface area (Å²) in [5, 5.41) is 10.8. The maximum atomic E-state index is 13.0. The van der Waals surface area contributed by atoms with Gasteiger partial charge in [0.15, 0.2) is 0 Å². The summed E-state index contributed by atoms with van der Waals surface area (Å²) < 4.78 is 6.63. The maximum absolute atomic E-state index is 13.0. The van der Waals surface area contributed by atoms with Gasteiger partial charge in [0.1, 0.15) is 0 Å². The summed E-state index contributed by atoms with van der Waals surface area (Å²) in [5.74, 6) is -0.607. The van der Waals surface area contributed by atoms with Gasteiger partial charge in [0.25, 0.3) is 11.8 Å². The molecule has 7 nitrogen and oxygen atoms in total. The van der Waals surface area contributed by atoms with Gasteiger partial charge in [-0.15, -0.1) is 0 Å². The van der Waals surface area contributed by atoms with Gasteiger partial charge in [-0.25, -0.2) is 4.68 Å². The van der Waals surface area contributed by atoms with E-state index in [2.05, 4.69) is 15.7 Å². The molecule has 0 aliphatic heterocycles. The van der Waals surface area contributed by atoms with Crippen molar-refractivity contribution in [3.05, 3.63) is 75.5 Å². The summed E-state index contributed by atoms with van der Waals surface area (Å²) in [4.78, 5) is 25.2. The van der Waals surface area contributed by atoms with E-state index in [1.54, 1.807) is 42.1 Å². The first-order valence-corrected chi connectivity index (χ1v) is 10.8. The van der Waals surface area contributed by atoms with Crippen molar-refractivity contribution in [2.75, 3.05) is 25.6 Å². The van der Waals surface area contributed by atoms with E-state index in [1.165, 1.54) is 6.20 Å². The first-order valence-electron chi connectivity index (χ1n) is 10.0. The number of ether oxygens (including phenoxy) is 1. The Bertz CT molecular complexity index is 1130. The smallest absolute Gasteiger partial charge is 0.259 e. The topological polar surface area (TPSA) is 85.2 Å². The van der Waals surface area contributed by atoms with Gasteiger partial charge in [0.05, 0.1) is 40.3 Å². The molecule has 0 saturated heterocycles. The van der Waals surface area contributed by atoms with E-state index < -0.39 is 0 Å². The van der Waals surface area contributed by atoms with E-state index in [-0.39, 0.29) is 22.8 Å². The highest BCUT2D eigenvalue weighted by Gasteiger charge is 2.21. The number of benzene rings is 2. The molecule has 0 aliphatic carbocycles. The number of halogens is 2. The van der Waals surface area contributed by atoms with Gasteiger partial charge < -0.3 is 15.4 Å².